The fraction of sp³-hybridized carbons (Fsp3) is 0.455. The van der Waals surface area contributed by atoms with Gasteiger partial charge in [-0.3, -0.25) is 5.10 Å². The normalized spacial score (nSPS) is 16.2. The molecule has 1 aliphatic heterocycles. The second-order valence-corrected chi connectivity index (χ2v) is 9.66. The molecule has 0 aromatic carbocycles. The Morgan fingerprint density at radius 3 is 2.77 bits per heavy atom. The van der Waals surface area contributed by atoms with Crippen LogP contribution in [0.5, 0.6) is 0 Å². The van der Waals surface area contributed by atoms with E-state index in [4.69, 9.17) is 10.1 Å². The number of nitrogens with one attached hydrogen (secondary N) is 1. The molecule has 0 amide bonds. The van der Waals surface area contributed by atoms with E-state index in [0.29, 0.717) is 11.8 Å². The Labute approximate surface area is 180 Å². The summed E-state index contributed by atoms with van der Waals surface area (Å²) in [6.45, 7) is 8.81. The topological polar surface area (TPSA) is 75.0 Å². The zero-order valence-corrected chi connectivity index (χ0v) is 18.7. The number of piperidine rings is 1. The quantitative estimate of drug-likeness (QED) is 0.526. The molecule has 0 unspecified atom stereocenters. The Balaban J connectivity index is 1.53. The molecule has 5 heterocycles. The van der Waals surface area contributed by atoms with Gasteiger partial charge >= 0.3 is 0 Å². The molecule has 1 N–H and O–H groups in total. The minimum absolute atomic E-state index is 0.316. The first-order chi connectivity index (χ1) is 14.5. The predicted molar refractivity (Wildman–Crippen MR) is 120 cm³/mol. The Bertz CT molecular complexity index is 1180. The number of rotatable bonds is 4. The van der Waals surface area contributed by atoms with Gasteiger partial charge in [-0.25, -0.2) is 14.5 Å². The third-order valence-electron chi connectivity index (χ3n) is 6.07. The van der Waals surface area contributed by atoms with Gasteiger partial charge in [0.05, 0.1) is 11.4 Å². The fourth-order valence-electron chi connectivity index (χ4n) is 4.40. The summed E-state index contributed by atoms with van der Waals surface area (Å²) in [5.74, 6) is 0.936. The summed E-state index contributed by atoms with van der Waals surface area (Å²) >= 11 is 1.81. The van der Waals surface area contributed by atoms with E-state index in [2.05, 4.69) is 60.2 Å². The number of hydrogen-bond donors (Lipinski definition) is 1. The van der Waals surface area contributed by atoms with Gasteiger partial charge in [-0.05, 0) is 63.4 Å². The van der Waals surface area contributed by atoms with Gasteiger partial charge in [-0.15, -0.1) is 11.3 Å². The van der Waals surface area contributed by atoms with Crippen molar-refractivity contribution in [1.82, 2.24) is 34.7 Å². The van der Waals surface area contributed by atoms with E-state index in [1.165, 1.54) is 23.3 Å². The summed E-state index contributed by atoms with van der Waals surface area (Å²) in [5.41, 5.74) is 6.23. The maximum absolute atomic E-state index is 4.80. The summed E-state index contributed by atoms with van der Waals surface area (Å²) in [5, 5.41) is 13.4. The highest BCUT2D eigenvalue weighted by molar-refractivity contribution is 7.15. The van der Waals surface area contributed by atoms with Gasteiger partial charge in [0.15, 0.2) is 5.65 Å². The summed E-state index contributed by atoms with van der Waals surface area (Å²) in [7, 11) is 2.20. The van der Waals surface area contributed by atoms with Crippen molar-refractivity contribution in [3.05, 3.63) is 40.8 Å². The molecule has 4 aromatic heterocycles. The van der Waals surface area contributed by atoms with Gasteiger partial charge < -0.3 is 4.90 Å². The summed E-state index contributed by atoms with van der Waals surface area (Å²) in [4.78, 5) is 12.9. The minimum atomic E-state index is 0.316. The largest absolute Gasteiger partial charge is 0.306 e. The zero-order chi connectivity index (χ0) is 20.8. The maximum Gasteiger partial charge on any atom is 0.158 e. The Kier molecular flexibility index (Phi) is 4.91. The molecule has 0 spiro atoms. The van der Waals surface area contributed by atoms with Crippen molar-refractivity contribution < 1.29 is 0 Å². The number of aromatic nitrogens is 6. The van der Waals surface area contributed by atoms with E-state index in [0.717, 1.165) is 46.3 Å². The smallest absolute Gasteiger partial charge is 0.158 e. The molecule has 1 aliphatic rings. The SMILES string of the molecule is Cc1cc(-c2n[nH]c(-c3ncc(C4CCN(C)CC4)s3)c2C(C)C)cn2ncnc12. The van der Waals surface area contributed by atoms with Gasteiger partial charge in [-0.2, -0.15) is 10.2 Å². The van der Waals surface area contributed by atoms with Crippen LogP contribution in [0.25, 0.3) is 27.6 Å². The van der Waals surface area contributed by atoms with Crippen LogP contribution in [0, 0.1) is 6.92 Å². The first kappa shape index (κ1) is 19.4. The Hall–Kier alpha value is -2.58. The van der Waals surface area contributed by atoms with Crippen molar-refractivity contribution in [2.75, 3.05) is 20.1 Å². The third kappa shape index (κ3) is 3.33. The lowest BCUT2D eigenvalue weighted by atomic mass is 9.96. The lowest BCUT2D eigenvalue weighted by molar-refractivity contribution is 0.257. The van der Waals surface area contributed by atoms with Crippen LogP contribution in [-0.2, 0) is 0 Å². The number of likely N-dealkylation sites (tertiary alicyclic amines) is 1. The van der Waals surface area contributed by atoms with E-state index in [-0.39, 0.29) is 0 Å². The molecule has 0 radical (unpaired) electrons. The molecule has 0 atom stereocenters. The lowest BCUT2D eigenvalue weighted by Gasteiger charge is -2.27. The number of pyridine rings is 1. The highest BCUT2D eigenvalue weighted by atomic mass is 32.1. The highest BCUT2D eigenvalue weighted by Crippen LogP contribution is 2.40. The first-order valence-corrected chi connectivity index (χ1v) is 11.4. The summed E-state index contributed by atoms with van der Waals surface area (Å²) in [6.07, 6.45) is 8.09. The van der Waals surface area contributed by atoms with E-state index in [9.17, 15) is 0 Å². The number of H-pyrrole nitrogens is 1. The van der Waals surface area contributed by atoms with Crippen LogP contribution in [0.15, 0.2) is 24.8 Å². The van der Waals surface area contributed by atoms with Crippen LogP contribution in [0.4, 0.5) is 0 Å². The van der Waals surface area contributed by atoms with Crippen LogP contribution >= 0.6 is 11.3 Å². The molecule has 0 aliphatic carbocycles. The maximum atomic E-state index is 4.80. The molecule has 5 rings (SSSR count). The molecule has 7 nitrogen and oxygen atoms in total. The average Bonchev–Trinajstić information content (AvgIpc) is 3.46. The molecule has 1 saturated heterocycles. The number of aromatic amines is 1. The fourth-order valence-corrected chi connectivity index (χ4v) is 5.50. The molecule has 0 saturated carbocycles. The number of aryl methyl sites for hydroxylation is 1. The van der Waals surface area contributed by atoms with E-state index in [1.54, 1.807) is 6.33 Å². The summed E-state index contributed by atoms with van der Waals surface area (Å²) < 4.78 is 1.82. The lowest BCUT2D eigenvalue weighted by Crippen LogP contribution is -2.28. The first-order valence-electron chi connectivity index (χ1n) is 10.5. The van der Waals surface area contributed by atoms with Crippen molar-refractivity contribution in [1.29, 1.82) is 0 Å². The molecular formula is C22H27N7S. The standard InChI is InChI=1S/C22H27N7S/c1-13(2)18-19(16-9-14(3)21-24-12-25-29(21)11-16)26-27-20(18)22-23-10-17(30-22)15-5-7-28(4)8-6-15/h9-13,15H,5-8H2,1-4H3,(H,26,27). The number of nitrogens with zero attached hydrogens (tertiary/aromatic N) is 6. The number of hydrogen-bond acceptors (Lipinski definition) is 6. The average molecular weight is 422 g/mol. The predicted octanol–water partition coefficient (Wildman–Crippen LogP) is 4.48. The van der Waals surface area contributed by atoms with Crippen molar-refractivity contribution in [3.8, 4) is 22.0 Å². The minimum Gasteiger partial charge on any atom is -0.306 e. The zero-order valence-electron chi connectivity index (χ0n) is 17.9. The van der Waals surface area contributed by atoms with Crippen molar-refractivity contribution in [2.45, 2.75) is 45.4 Å². The number of fused-ring (bicyclic) bond motifs is 1. The van der Waals surface area contributed by atoms with Gasteiger partial charge in [0.25, 0.3) is 0 Å². The highest BCUT2D eigenvalue weighted by Gasteiger charge is 2.24. The molecule has 0 bridgehead atoms. The van der Waals surface area contributed by atoms with Crippen LogP contribution in [0.2, 0.25) is 0 Å². The van der Waals surface area contributed by atoms with Gasteiger partial charge in [-0.1, -0.05) is 13.8 Å². The Morgan fingerprint density at radius 1 is 1.20 bits per heavy atom. The van der Waals surface area contributed by atoms with Gasteiger partial charge in [0.2, 0.25) is 0 Å². The third-order valence-corrected chi connectivity index (χ3v) is 7.25. The van der Waals surface area contributed by atoms with Crippen LogP contribution < -0.4 is 0 Å². The van der Waals surface area contributed by atoms with Crippen molar-refractivity contribution in [3.63, 3.8) is 0 Å². The number of thiazole rings is 1. The van der Waals surface area contributed by atoms with Crippen LogP contribution in [0.1, 0.15) is 54.5 Å². The van der Waals surface area contributed by atoms with Crippen molar-refractivity contribution >= 4 is 17.0 Å². The van der Waals surface area contributed by atoms with Crippen LogP contribution in [0.3, 0.4) is 0 Å². The van der Waals surface area contributed by atoms with E-state index in [1.807, 2.05) is 22.0 Å². The molecule has 30 heavy (non-hydrogen) atoms. The Morgan fingerprint density at radius 2 is 2.00 bits per heavy atom. The van der Waals surface area contributed by atoms with Gasteiger partial charge in [0, 0.05) is 28.4 Å². The van der Waals surface area contributed by atoms with Gasteiger partial charge in [0.1, 0.15) is 11.3 Å². The van der Waals surface area contributed by atoms with Crippen molar-refractivity contribution in [2.24, 2.45) is 0 Å². The molecule has 156 valence electrons. The molecule has 1 fully saturated rings. The molecule has 8 heteroatoms. The second kappa shape index (κ2) is 7.59. The van der Waals surface area contributed by atoms with E-state index < -0.39 is 0 Å². The van der Waals surface area contributed by atoms with E-state index >= 15 is 0 Å². The summed E-state index contributed by atoms with van der Waals surface area (Å²) in [6, 6.07) is 2.14. The van der Waals surface area contributed by atoms with Crippen LogP contribution in [-0.4, -0.2) is 54.8 Å². The second-order valence-electron chi connectivity index (χ2n) is 8.60. The molecular weight excluding hydrogens is 394 g/mol. The monoisotopic (exact) mass is 421 g/mol. The molecule has 4 aromatic rings.